The summed E-state index contributed by atoms with van der Waals surface area (Å²) < 4.78 is 28.5. The summed E-state index contributed by atoms with van der Waals surface area (Å²) in [5.74, 6) is 2.13. The van der Waals surface area contributed by atoms with Crippen molar-refractivity contribution in [2.45, 2.75) is 6.54 Å². The molecule has 37 heavy (non-hydrogen) atoms. The summed E-state index contributed by atoms with van der Waals surface area (Å²) in [5.41, 5.74) is 1.81. The van der Waals surface area contributed by atoms with Gasteiger partial charge in [0.05, 0.1) is 38.8 Å². The van der Waals surface area contributed by atoms with Gasteiger partial charge in [-0.2, -0.15) is 0 Å². The zero-order valence-electron chi connectivity index (χ0n) is 20.2. The molecular formula is C26H23N3O7S. The molecule has 0 unspecified atom stereocenters. The molecule has 1 amide bonds. The van der Waals surface area contributed by atoms with E-state index in [9.17, 15) is 9.59 Å². The van der Waals surface area contributed by atoms with Gasteiger partial charge in [-0.1, -0.05) is 6.07 Å². The molecule has 0 radical (unpaired) electrons. The summed E-state index contributed by atoms with van der Waals surface area (Å²) in [6, 6.07) is 13.5. The number of anilines is 1. The monoisotopic (exact) mass is 521 g/mol. The van der Waals surface area contributed by atoms with Gasteiger partial charge >= 0.3 is 0 Å². The molecule has 0 fully saturated rings. The first kappa shape index (κ1) is 24.2. The Balaban J connectivity index is 1.43. The number of hydrogen-bond acceptors (Lipinski definition) is 8. The third-order valence-electron chi connectivity index (χ3n) is 5.94. The topological polar surface area (TPSA) is 113 Å². The van der Waals surface area contributed by atoms with Crippen molar-refractivity contribution >= 4 is 34.7 Å². The van der Waals surface area contributed by atoms with Crippen LogP contribution in [0.2, 0.25) is 0 Å². The van der Waals surface area contributed by atoms with Crippen molar-refractivity contribution in [1.82, 2.24) is 9.55 Å². The highest BCUT2D eigenvalue weighted by atomic mass is 32.1. The minimum atomic E-state index is -0.389. The Morgan fingerprint density at radius 3 is 2.43 bits per heavy atom. The summed E-state index contributed by atoms with van der Waals surface area (Å²) in [5, 5.41) is 3.22. The van der Waals surface area contributed by atoms with E-state index in [0.29, 0.717) is 50.9 Å². The standard InChI is InChI=1S/C26H23N3O7S/c1-32-21-10-16(11-22(33-2)23(21)34-3)27-24(30)15-5-6-17-18(9-15)28-26(37)29(25(17)31)12-14-4-7-19-20(8-14)36-13-35-19/h4-11H,12-13H2,1-3H3,(H,27,30)(H,28,37). The predicted octanol–water partition coefficient (Wildman–Crippen LogP) is 4.11. The van der Waals surface area contributed by atoms with E-state index in [1.807, 2.05) is 12.1 Å². The summed E-state index contributed by atoms with van der Waals surface area (Å²) in [7, 11) is 4.49. The molecular weight excluding hydrogens is 498 g/mol. The van der Waals surface area contributed by atoms with Crippen LogP contribution in [0.4, 0.5) is 5.69 Å². The number of ether oxygens (including phenoxy) is 5. The molecule has 0 atom stereocenters. The number of H-pyrrole nitrogens is 1. The van der Waals surface area contributed by atoms with Crippen LogP contribution < -0.4 is 34.6 Å². The van der Waals surface area contributed by atoms with E-state index < -0.39 is 0 Å². The number of rotatable bonds is 7. The SMILES string of the molecule is COc1cc(NC(=O)c2ccc3c(=O)n(Cc4ccc5c(c4)OCO5)c(=S)[nH]c3c2)cc(OC)c1OC. The molecule has 11 heteroatoms. The average Bonchev–Trinajstić information content (AvgIpc) is 3.38. The van der Waals surface area contributed by atoms with E-state index in [4.69, 9.17) is 35.9 Å². The molecule has 10 nitrogen and oxygen atoms in total. The number of hydrogen-bond donors (Lipinski definition) is 2. The lowest BCUT2D eigenvalue weighted by Crippen LogP contribution is -2.23. The quantitative estimate of drug-likeness (QED) is 0.350. The molecule has 0 saturated carbocycles. The molecule has 5 rings (SSSR count). The van der Waals surface area contributed by atoms with Crippen LogP contribution in [0.3, 0.4) is 0 Å². The van der Waals surface area contributed by atoms with Crippen molar-refractivity contribution in [2.75, 3.05) is 33.4 Å². The minimum absolute atomic E-state index is 0.171. The molecule has 1 aliphatic heterocycles. The number of methoxy groups -OCH3 is 3. The van der Waals surface area contributed by atoms with Gasteiger partial charge in [0.15, 0.2) is 27.8 Å². The largest absolute Gasteiger partial charge is 0.493 e. The van der Waals surface area contributed by atoms with Gasteiger partial charge in [-0.3, -0.25) is 14.2 Å². The number of aromatic nitrogens is 2. The van der Waals surface area contributed by atoms with Gasteiger partial charge < -0.3 is 34.0 Å². The number of nitrogens with zero attached hydrogens (tertiary/aromatic N) is 1. The molecule has 0 saturated heterocycles. The summed E-state index contributed by atoms with van der Waals surface area (Å²) in [6.07, 6.45) is 0. The Kier molecular flexibility index (Phi) is 6.45. The third-order valence-corrected chi connectivity index (χ3v) is 6.27. The van der Waals surface area contributed by atoms with Crippen LogP contribution in [0.5, 0.6) is 28.7 Å². The summed E-state index contributed by atoms with van der Waals surface area (Å²) in [4.78, 5) is 29.3. The number of fused-ring (bicyclic) bond motifs is 2. The Labute approximate surface area is 216 Å². The van der Waals surface area contributed by atoms with Crippen molar-refractivity contribution < 1.29 is 28.5 Å². The maximum absolute atomic E-state index is 13.2. The highest BCUT2D eigenvalue weighted by Gasteiger charge is 2.17. The maximum atomic E-state index is 13.2. The van der Waals surface area contributed by atoms with Gasteiger partial charge in [0.25, 0.3) is 11.5 Å². The van der Waals surface area contributed by atoms with Crippen LogP contribution in [0.25, 0.3) is 10.9 Å². The summed E-state index contributed by atoms with van der Waals surface area (Å²) >= 11 is 5.47. The molecule has 0 spiro atoms. The number of nitrogens with one attached hydrogen (secondary N) is 2. The highest BCUT2D eigenvalue weighted by Crippen LogP contribution is 2.40. The van der Waals surface area contributed by atoms with Gasteiger partial charge in [0.1, 0.15) is 0 Å². The Hall–Kier alpha value is -4.51. The van der Waals surface area contributed by atoms with Gasteiger partial charge in [0.2, 0.25) is 12.5 Å². The minimum Gasteiger partial charge on any atom is -0.493 e. The first-order valence-corrected chi connectivity index (χ1v) is 11.6. The molecule has 0 aliphatic carbocycles. The molecule has 190 valence electrons. The molecule has 4 aromatic rings. The first-order chi connectivity index (χ1) is 17.9. The van der Waals surface area contributed by atoms with E-state index in [1.54, 1.807) is 36.4 Å². The molecule has 1 aromatic heterocycles. The van der Waals surface area contributed by atoms with Crippen molar-refractivity contribution in [3.8, 4) is 28.7 Å². The van der Waals surface area contributed by atoms with Crippen molar-refractivity contribution in [2.24, 2.45) is 0 Å². The lowest BCUT2D eigenvalue weighted by molar-refractivity contribution is 0.102. The van der Waals surface area contributed by atoms with Crippen LogP contribution >= 0.6 is 12.2 Å². The lowest BCUT2D eigenvalue weighted by Gasteiger charge is -2.15. The Morgan fingerprint density at radius 2 is 1.73 bits per heavy atom. The van der Waals surface area contributed by atoms with Crippen molar-refractivity contribution in [3.05, 3.63) is 74.8 Å². The van der Waals surface area contributed by atoms with Gasteiger partial charge in [0, 0.05) is 23.4 Å². The van der Waals surface area contributed by atoms with Crippen LogP contribution in [0.1, 0.15) is 15.9 Å². The first-order valence-electron chi connectivity index (χ1n) is 11.2. The number of carbonyl (C=O) groups excluding carboxylic acids is 1. The van der Waals surface area contributed by atoms with E-state index in [1.165, 1.54) is 25.9 Å². The van der Waals surface area contributed by atoms with E-state index in [2.05, 4.69) is 10.3 Å². The molecule has 1 aliphatic rings. The second kappa shape index (κ2) is 9.86. The smallest absolute Gasteiger partial charge is 0.262 e. The molecule has 0 bridgehead atoms. The average molecular weight is 522 g/mol. The lowest BCUT2D eigenvalue weighted by atomic mass is 10.1. The fourth-order valence-electron chi connectivity index (χ4n) is 4.12. The second-order valence-corrected chi connectivity index (χ2v) is 8.52. The van der Waals surface area contributed by atoms with Crippen LogP contribution in [0.15, 0.2) is 53.3 Å². The van der Waals surface area contributed by atoms with Crippen molar-refractivity contribution in [3.63, 3.8) is 0 Å². The van der Waals surface area contributed by atoms with E-state index >= 15 is 0 Å². The van der Waals surface area contributed by atoms with Crippen LogP contribution in [0, 0.1) is 4.77 Å². The number of carbonyl (C=O) groups is 1. The highest BCUT2D eigenvalue weighted by molar-refractivity contribution is 7.71. The zero-order chi connectivity index (χ0) is 26.1. The van der Waals surface area contributed by atoms with Gasteiger partial charge in [-0.15, -0.1) is 0 Å². The number of amides is 1. The van der Waals surface area contributed by atoms with Gasteiger partial charge in [-0.05, 0) is 48.1 Å². The predicted molar refractivity (Wildman–Crippen MR) is 139 cm³/mol. The van der Waals surface area contributed by atoms with Crippen molar-refractivity contribution in [1.29, 1.82) is 0 Å². The van der Waals surface area contributed by atoms with Gasteiger partial charge in [-0.25, -0.2) is 0 Å². The fraction of sp³-hybridized carbons (Fsp3) is 0.192. The fourth-order valence-corrected chi connectivity index (χ4v) is 4.38. The second-order valence-electron chi connectivity index (χ2n) is 8.14. The van der Waals surface area contributed by atoms with E-state index in [0.717, 1.165) is 5.56 Å². The number of benzene rings is 3. The van der Waals surface area contributed by atoms with Crippen LogP contribution in [-0.4, -0.2) is 43.6 Å². The van der Waals surface area contributed by atoms with E-state index in [-0.39, 0.29) is 29.6 Å². The zero-order valence-corrected chi connectivity index (χ0v) is 21.1. The molecule has 2 N–H and O–H groups in total. The number of aromatic amines is 1. The summed E-state index contributed by atoms with van der Waals surface area (Å²) in [6.45, 7) is 0.425. The Morgan fingerprint density at radius 1 is 1.00 bits per heavy atom. The normalized spacial score (nSPS) is 11.9. The third kappa shape index (κ3) is 4.56. The maximum Gasteiger partial charge on any atom is 0.262 e. The van der Waals surface area contributed by atoms with Crippen LogP contribution in [-0.2, 0) is 6.54 Å². The molecule has 3 aromatic carbocycles. The Bertz CT molecular complexity index is 1620. The molecule has 2 heterocycles.